The lowest BCUT2D eigenvalue weighted by atomic mass is 10.2. The molecule has 2 rings (SSSR count). The molecule has 0 aliphatic carbocycles. The van der Waals surface area contributed by atoms with Crippen molar-refractivity contribution in [2.45, 2.75) is 19.6 Å². The Morgan fingerprint density at radius 3 is 2.80 bits per heavy atom. The van der Waals surface area contributed by atoms with Crippen molar-refractivity contribution in [2.75, 3.05) is 13.2 Å². The van der Waals surface area contributed by atoms with E-state index in [0.717, 1.165) is 11.3 Å². The van der Waals surface area contributed by atoms with E-state index in [4.69, 9.17) is 4.74 Å². The van der Waals surface area contributed by atoms with E-state index in [-0.39, 0.29) is 12.4 Å². The van der Waals surface area contributed by atoms with Gasteiger partial charge in [-0.1, -0.05) is 0 Å². The first-order valence-electron chi connectivity index (χ1n) is 6.41. The van der Waals surface area contributed by atoms with Crippen LogP contribution in [-0.4, -0.2) is 34.6 Å². The molecule has 0 bridgehead atoms. The smallest absolute Gasteiger partial charge is 0.123 e. The fourth-order valence-electron chi connectivity index (χ4n) is 1.71. The Hall–Kier alpha value is -1.92. The molecule has 6 heteroatoms. The molecule has 1 heterocycles. The monoisotopic (exact) mass is 279 g/mol. The number of ether oxygens (including phenoxy) is 1. The molecular formula is C14H18FN3O2. The highest BCUT2D eigenvalue weighted by Gasteiger charge is 2.06. The first-order chi connectivity index (χ1) is 9.65. The molecule has 3 N–H and O–H groups in total. The van der Waals surface area contributed by atoms with E-state index in [1.54, 1.807) is 6.20 Å². The van der Waals surface area contributed by atoms with E-state index in [1.807, 2.05) is 6.92 Å². The number of aliphatic hydroxyl groups excluding tert-OH is 1. The maximum atomic E-state index is 12.7. The molecule has 0 saturated carbocycles. The summed E-state index contributed by atoms with van der Waals surface area (Å²) in [6, 6.07) is 5.71. The van der Waals surface area contributed by atoms with Gasteiger partial charge in [0.25, 0.3) is 0 Å². The molecule has 5 nitrogen and oxygen atoms in total. The molecule has 1 aromatic carbocycles. The molecule has 0 radical (unpaired) electrons. The summed E-state index contributed by atoms with van der Waals surface area (Å²) < 4.78 is 18.1. The minimum atomic E-state index is -0.632. The largest absolute Gasteiger partial charge is 0.491 e. The molecule has 0 aliphatic rings. The second kappa shape index (κ2) is 7.02. The van der Waals surface area contributed by atoms with Crippen LogP contribution in [0, 0.1) is 12.7 Å². The highest BCUT2D eigenvalue weighted by atomic mass is 19.1. The molecule has 0 saturated heterocycles. The predicted octanol–water partition coefficient (Wildman–Crippen LogP) is 1.39. The maximum Gasteiger partial charge on any atom is 0.123 e. The van der Waals surface area contributed by atoms with Crippen LogP contribution < -0.4 is 10.1 Å². The highest BCUT2D eigenvalue weighted by Crippen LogP contribution is 2.11. The van der Waals surface area contributed by atoms with E-state index < -0.39 is 6.10 Å². The van der Waals surface area contributed by atoms with Crippen LogP contribution in [0.2, 0.25) is 0 Å². The van der Waals surface area contributed by atoms with Gasteiger partial charge in [-0.3, -0.25) is 5.10 Å². The second-order valence-corrected chi connectivity index (χ2v) is 4.57. The van der Waals surface area contributed by atoms with Gasteiger partial charge < -0.3 is 15.2 Å². The molecule has 20 heavy (non-hydrogen) atoms. The van der Waals surface area contributed by atoms with Gasteiger partial charge in [0.05, 0.1) is 6.20 Å². The van der Waals surface area contributed by atoms with Gasteiger partial charge in [0, 0.05) is 24.3 Å². The molecule has 2 aromatic rings. The Bertz CT molecular complexity index is 527. The topological polar surface area (TPSA) is 70.2 Å². The third-order valence-corrected chi connectivity index (χ3v) is 2.89. The standard InChI is InChI=1S/C14H18FN3O2/c1-10-11(7-17-18-10)6-16-8-13(19)9-20-14-4-2-12(15)3-5-14/h2-5,7,13,16,19H,6,8-9H2,1H3,(H,17,18)/t13-/m0/s1. The van der Waals surface area contributed by atoms with Crippen molar-refractivity contribution < 1.29 is 14.2 Å². The van der Waals surface area contributed by atoms with Crippen LogP contribution >= 0.6 is 0 Å². The number of aromatic amines is 1. The number of hydrogen-bond donors (Lipinski definition) is 3. The number of H-pyrrole nitrogens is 1. The number of nitrogens with one attached hydrogen (secondary N) is 2. The zero-order chi connectivity index (χ0) is 14.4. The van der Waals surface area contributed by atoms with Crippen LogP contribution in [0.5, 0.6) is 5.75 Å². The maximum absolute atomic E-state index is 12.7. The Labute approximate surface area is 116 Å². The van der Waals surface area contributed by atoms with E-state index in [0.29, 0.717) is 18.8 Å². The third-order valence-electron chi connectivity index (χ3n) is 2.89. The minimum Gasteiger partial charge on any atom is -0.491 e. The lowest BCUT2D eigenvalue weighted by molar-refractivity contribution is 0.106. The van der Waals surface area contributed by atoms with Crippen LogP contribution in [0.3, 0.4) is 0 Å². The molecule has 0 unspecified atom stereocenters. The SMILES string of the molecule is Cc1[nH]ncc1CNC[C@H](O)COc1ccc(F)cc1. The summed E-state index contributed by atoms with van der Waals surface area (Å²) >= 11 is 0. The van der Waals surface area contributed by atoms with E-state index in [9.17, 15) is 9.50 Å². The van der Waals surface area contributed by atoms with Crippen LogP contribution in [0.4, 0.5) is 4.39 Å². The predicted molar refractivity (Wildman–Crippen MR) is 72.9 cm³/mol. The number of aromatic nitrogens is 2. The number of hydrogen-bond acceptors (Lipinski definition) is 4. The molecule has 0 aliphatic heterocycles. The van der Waals surface area contributed by atoms with Gasteiger partial charge in [0.2, 0.25) is 0 Å². The minimum absolute atomic E-state index is 0.156. The van der Waals surface area contributed by atoms with E-state index in [2.05, 4.69) is 15.5 Å². The van der Waals surface area contributed by atoms with Crippen molar-refractivity contribution >= 4 is 0 Å². The average Bonchev–Trinajstić information content (AvgIpc) is 2.84. The summed E-state index contributed by atoms with van der Waals surface area (Å²) in [6.07, 6.45) is 1.12. The zero-order valence-electron chi connectivity index (χ0n) is 11.3. The Morgan fingerprint density at radius 2 is 2.15 bits per heavy atom. The number of halogens is 1. The first kappa shape index (κ1) is 14.5. The summed E-state index contributed by atoms with van der Waals surface area (Å²) in [4.78, 5) is 0. The summed E-state index contributed by atoms with van der Waals surface area (Å²) in [5.74, 6) is 0.228. The fraction of sp³-hybridized carbons (Fsp3) is 0.357. The van der Waals surface area contributed by atoms with Crippen molar-refractivity contribution in [1.29, 1.82) is 0 Å². The van der Waals surface area contributed by atoms with Gasteiger partial charge in [-0.2, -0.15) is 5.10 Å². The summed E-state index contributed by atoms with van der Waals surface area (Å²) in [5.41, 5.74) is 2.08. The molecule has 0 amide bonds. The third kappa shape index (κ3) is 4.32. The van der Waals surface area contributed by atoms with Crippen molar-refractivity contribution in [1.82, 2.24) is 15.5 Å². The van der Waals surface area contributed by atoms with E-state index in [1.165, 1.54) is 24.3 Å². The molecule has 0 spiro atoms. The average molecular weight is 279 g/mol. The number of aliphatic hydroxyl groups is 1. The van der Waals surface area contributed by atoms with Gasteiger partial charge >= 0.3 is 0 Å². The van der Waals surface area contributed by atoms with Crippen LogP contribution in [0.1, 0.15) is 11.3 Å². The molecular weight excluding hydrogens is 261 g/mol. The quantitative estimate of drug-likeness (QED) is 0.716. The Balaban J connectivity index is 1.66. The van der Waals surface area contributed by atoms with E-state index >= 15 is 0 Å². The summed E-state index contributed by atoms with van der Waals surface area (Å²) in [6.45, 7) is 3.14. The highest BCUT2D eigenvalue weighted by molar-refractivity contribution is 5.22. The van der Waals surface area contributed by atoms with Gasteiger partial charge in [-0.05, 0) is 31.2 Å². The number of benzene rings is 1. The summed E-state index contributed by atoms with van der Waals surface area (Å²) in [5, 5.41) is 19.7. The van der Waals surface area contributed by atoms with Crippen LogP contribution in [0.25, 0.3) is 0 Å². The zero-order valence-corrected chi connectivity index (χ0v) is 11.3. The Morgan fingerprint density at radius 1 is 1.40 bits per heavy atom. The van der Waals surface area contributed by atoms with Gasteiger partial charge in [-0.25, -0.2) is 4.39 Å². The first-order valence-corrected chi connectivity index (χ1v) is 6.41. The number of nitrogens with zero attached hydrogens (tertiary/aromatic N) is 1. The van der Waals surface area contributed by atoms with Crippen molar-refractivity contribution in [3.63, 3.8) is 0 Å². The summed E-state index contributed by atoms with van der Waals surface area (Å²) in [7, 11) is 0. The number of aryl methyl sites for hydroxylation is 1. The normalized spacial score (nSPS) is 12.3. The van der Waals surface area contributed by atoms with Crippen molar-refractivity contribution in [2.24, 2.45) is 0 Å². The second-order valence-electron chi connectivity index (χ2n) is 4.57. The Kier molecular flexibility index (Phi) is 5.09. The number of rotatable bonds is 7. The van der Waals surface area contributed by atoms with Crippen LogP contribution in [-0.2, 0) is 6.54 Å². The van der Waals surface area contributed by atoms with Crippen molar-refractivity contribution in [3.05, 3.63) is 47.5 Å². The lowest BCUT2D eigenvalue weighted by Gasteiger charge is -2.13. The van der Waals surface area contributed by atoms with Gasteiger partial charge in [0.1, 0.15) is 24.3 Å². The molecule has 0 fully saturated rings. The van der Waals surface area contributed by atoms with Gasteiger partial charge in [-0.15, -0.1) is 0 Å². The molecule has 1 aromatic heterocycles. The van der Waals surface area contributed by atoms with Crippen LogP contribution in [0.15, 0.2) is 30.5 Å². The van der Waals surface area contributed by atoms with Gasteiger partial charge in [0.15, 0.2) is 0 Å². The molecule has 108 valence electrons. The lowest BCUT2D eigenvalue weighted by Crippen LogP contribution is -2.31. The van der Waals surface area contributed by atoms with Crippen molar-refractivity contribution in [3.8, 4) is 5.75 Å². The molecule has 1 atom stereocenters. The fourth-order valence-corrected chi connectivity index (χ4v) is 1.71.